The van der Waals surface area contributed by atoms with Crippen LogP contribution in [0.15, 0.2) is 0 Å². The number of carbonyl (C=O) groups is 1. The monoisotopic (exact) mass is 309 g/mol. The van der Waals surface area contributed by atoms with E-state index < -0.39 is 5.97 Å². The number of rotatable bonds is 14. The number of likely N-dealkylation sites (N-methyl/N-ethyl adjacent to an activating group) is 1. The zero-order valence-electron chi connectivity index (χ0n) is 14.3. The summed E-state index contributed by atoms with van der Waals surface area (Å²) < 4.78 is 0. The number of aliphatic carboxylic acids is 1. The fraction of sp³-hybridized carbons (Fsp3) is 0.938. The molecule has 0 fully saturated rings. The molecule has 0 aromatic carbocycles. The molecule has 0 bridgehead atoms. The summed E-state index contributed by atoms with van der Waals surface area (Å²) in [5.41, 5.74) is 0. The van der Waals surface area contributed by atoms with Crippen molar-refractivity contribution in [3.63, 3.8) is 0 Å². The SMILES string of the molecule is CCCCCCCCCCC(O)CN(C)CCC(=O)[O-].[Na+]. The van der Waals surface area contributed by atoms with Crippen molar-refractivity contribution < 1.29 is 44.6 Å². The zero-order valence-corrected chi connectivity index (χ0v) is 16.3. The van der Waals surface area contributed by atoms with E-state index >= 15 is 0 Å². The molecule has 0 aromatic rings. The minimum atomic E-state index is -1.03. The third kappa shape index (κ3) is 18.3. The molecule has 4 nitrogen and oxygen atoms in total. The van der Waals surface area contributed by atoms with Crippen LogP contribution in [0.3, 0.4) is 0 Å². The van der Waals surface area contributed by atoms with E-state index in [4.69, 9.17) is 0 Å². The standard InChI is InChI=1S/C16H33NO3.Na/c1-3-4-5-6-7-8-9-10-11-15(18)14-17(2)13-12-16(19)20;/h15,18H,3-14H2,1-2H3,(H,19,20);/q;+1/p-1. The van der Waals surface area contributed by atoms with Gasteiger partial charge in [0.25, 0.3) is 0 Å². The molecule has 1 N–H and O–H groups in total. The van der Waals surface area contributed by atoms with Gasteiger partial charge in [0.1, 0.15) is 0 Å². The molecule has 0 spiro atoms. The van der Waals surface area contributed by atoms with Crippen molar-refractivity contribution in [1.82, 2.24) is 4.90 Å². The minimum Gasteiger partial charge on any atom is -0.550 e. The maximum atomic E-state index is 10.3. The summed E-state index contributed by atoms with van der Waals surface area (Å²) in [4.78, 5) is 12.2. The second kappa shape index (κ2) is 16.8. The first kappa shape index (κ1) is 23.7. The van der Waals surface area contributed by atoms with Crippen LogP contribution in [0.2, 0.25) is 0 Å². The molecule has 0 heterocycles. The molecular formula is C16H32NNaO3. The molecule has 0 aliphatic rings. The predicted octanol–water partition coefficient (Wildman–Crippen LogP) is -1.05. The van der Waals surface area contributed by atoms with E-state index in [9.17, 15) is 15.0 Å². The van der Waals surface area contributed by atoms with Crippen LogP contribution in [-0.2, 0) is 4.79 Å². The first-order chi connectivity index (χ1) is 9.56. The molecule has 0 aliphatic heterocycles. The number of aliphatic hydroxyl groups excluding tert-OH is 1. The van der Waals surface area contributed by atoms with Gasteiger partial charge >= 0.3 is 29.6 Å². The third-order valence-electron chi connectivity index (χ3n) is 3.61. The van der Waals surface area contributed by atoms with Crippen LogP contribution >= 0.6 is 0 Å². The van der Waals surface area contributed by atoms with Gasteiger partial charge in [0, 0.05) is 19.1 Å². The van der Waals surface area contributed by atoms with E-state index in [-0.39, 0.29) is 42.1 Å². The van der Waals surface area contributed by atoms with Gasteiger partial charge in [-0.2, -0.15) is 0 Å². The number of unbranched alkanes of at least 4 members (excludes halogenated alkanes) is 7. The first-order valence-corrected chi connectivity index (χ1v) is 8.12. The second-order valence-corrected chi connectivity index (χ2v) is 5.80. The topological polar surface area (TPSA) is 63.6 Å². The quantitative estimate of drug-likeness (QED) is 0.329. The van der Waals surface area contributed by atoms with Gasteiger partial charge in [0.05, 0.1) is 6.10 Å². The van der Waals surface area contributed by atoms with E-state index in [1.54, 1.807) is 0 Å². The molecule has 0 rings (SSSR count). The van der Waals surface area contributed by atoms with Crippen LogP contribution in [-0.4, -0.2) is 42.2 Å². The Labute approximate surface area is 152 Å². The first-order valence-electron chi connectivity index (χ1n) is 8.12. The van der Waals surface area contributed by atoms with Crippen LogP contribution < -0.4 is 34.7 Å². The summed E-state index contributed by atoms with van der Waals surface area (Å²) in [7, 11) is 1.83. The van der Waals surface area contributed by atoms with E-state index in [0.29, 0.717) is 13.1 Å². The number of carboxylic acids is 1. The van der Waals surface area contributed by atoms with E-state index in [1.165, 1.54) is 44.9 Å². The summed E-state index contributed by atoms with van der Waals surface area (Å²) in [6.07, 6.45) is 10.6. The Bertz CT molecular complexity index is 240. The van der Waals surface area contributed by atoms with Crippen molar-refractivity contribution in [2.24, 2.45) is 0 Å². The average molecular weight is 309 g/mol. The smallest absolute Gasteiger partial charge is 0.550 e. The Balaban J connectivity index is 0. The molecule has 0 saturated carbocycles. The number of carbonyl (C=O) groups excluding carboxylic acids is 1. The summed E-state index contributed by atoms with van der Waals surface area (Å²) in [5.74, 6) is -1.03. The van der Waals surface area contributed by atoms with Crippen LogP contribution in [0.1, 0.15) is 71.1 Å². The van der Waals surface area contributed by atoms with Crippen LogP contribution in [0, 0.1) is 0 Å². The second-order valence-electron chi connectivity index (χ2n) is 5.80. The molecule has 1 atom stereocenters. The van der Waals surface area contributed by atoms with E-state index in [1.807, 2.05) is 11.9 Å². The Kier molecular flexibility index (Phi) is 18.9. The van der Waals surface area contributed by atoms with E-state index in [0.717, 1.165) is 12.8 Å². The van der Waals surface area contributed by atoms with Gasteiger partial charge in [0.15, 0.2) is 0 Å². The van der Waals surface area contributed by atoms with Crippen LogP contribution in [0.25, 0.3) is 0 Å². The van der Waals surface area contributed by atoms with Crippen molar-refractivity contribution in [1.29, 1.82) is 0 Å². The Morgan fingerprint density at radius 1 is 1.10 bits per heavy atom. The summed E-state index contributed by atoms with van der Waals surface area (Å²) >= 11 is 0. The minimum absolute atomic E-state index is 0. The van der Waals surface area contributed by atoms with Crippen molar-refractivity contribution in [3.8, 4) is 0 Å². The molecule has 0 amide bonds. The third-order valence-corrected chi connectivity index (χ3v) is 3.61. The summed E-state index contributed by atoms with van der Waals surface area (Å²) in [6, 6.07) is 0. The number of aliphatic hydroxyl groups is 1. The molecule has 5 heteroatoms. The number of nitrogens with zero attached hydrogens (tertiary/aromatic N) is 1. The van der Waals surface area contributed by atoms with Gasteiger partial charge in [-0.1, -0.05) is 58.3 Å². The molecule has 1 unspecified atom stereocenters. The Morgan fingerprint density at radius 3 is 2.14 bits per heavy atom. The van der Waals surface area contributed by atoms with Crippen LogP contribution in [0.5, 0.6) is 0 Å². The van der Waals surface area contributed by atoms with Crippen molar-refractivity contribution in [2.75, 3.05) is 20.1 Å². The fourth-order valence-electron chi connectivity index (χ4n) is 2.34. The zero-order chi connectivity index (χ0) is 15.2. The van der Waals surface area contributed by atoms with Crippen molar-refractivity contribution >= 4 is 5.97 Å². The predicted molar refractivity (Wildman–Crippen MR) is 80.4 cm³/mol. The molecular weight excluding hydrogens is 277 g/mol. The maximum absolute atomic E-state index is 10.3. The molecule has 0 radical (unpaired) electrons. The van der Waals surface area contributed by atoms with Gasteiger partial charge < -0.3 is 19.9 Å². The Morgan fingerprint density at radius 2 is 1.62 bits per heavy atom. The van der Waals surface area contributed by atoms with E-state index in [2.05, 4.69) is 6.92 Å². The van der Waals surface area contributed by atoms with Crippen molar-refractivity contribution in [3.05, 3.63) is 0 Å². The molecule has 0 aliphatic carbocycles. The van der Waals surface area contributed by atoms with Gasteiger partial charge in [-0.25, -0.2) is 0 Å². The van der Waals surface area contributed by atoms with Gasteiger partial charge in [-0.05, 0) is 19.9 Å². The number of hydrogen-bond donors (Lipinski definition) is 1. The van der Waals surface area contributed by atoms with Crippen molar-refractivity contribution in [2.45, 2.75) is 77.2 Å². The Hall–Kier alpha value is 0.390. The molecule has 21 heavy (non-hydrogen) atoms. The van der Waals surface area contributed by atoms with Gasteiger partial charge in [0.2, 0.25) is 0 Å². The van der Waals surface area contributed by atoms with Gasteiger partial charge in [-0.3, -0.25) is 0 Å². The molecule has 0 saturated heterocycles. The summed E-state index contributed by atoms with van der Waals surface area (Å²) in [6.45, 7) is 3.21. The summed E-state index contributed by atoms with van der Waals surface area (Å²) in [5, 5.41) is 20.2. The maximum Gasteiger partial charge on any atom is 1.00 e. The average Bonchev–Trinajstić information content (AvgIpc) is 2.39. The molecule has 0 aromatic heterocycles. The van der Waals surface area contributed by atoms with Gasteiger partial charge in [-0.15, -0.1) is 0 Å². The number of hydrogen-bond acceptors (Lipinski definition) is 4. The largest absolute Gasteiger partial charge is 1.00 e. The molecule has 120 valence electrons. The number of carboxylic acid groups (broad SMARTS) is 1. The fourth-order valence-corrected chi connectivity index (χ4v) is 2.34. The normalized spacial score (nSPS) is 12.2. The van der Waals surface area contributed by atoms with Crippen LogP contribution in [0.4, 0.5) is 0 Å².